The summed E-state index contributed by atoms with van der Waals surface area (Å²) in [5, 5.41) is 10.4. The second kappa shape index (κ2) is 10.9. The van der Waals surface area contributed by atoms with Crippen LogP contribution in [0.3, 0.4) is 0 Å². The second-order valence-electron chi connectivity index (χ2n) is 8.54. The number of benzene rings is 3. The predicted octanol–water partition coefficient (Wildman–Crippen LogP) is 2.72. The Bertz CT molecular complexity index is 1340. The number of hydrogen-bond acceptors (Lipinski definition) is 5. The molecule has 3 amide bonds. The normalized spacial score (nSPS) is 13.7. The molecule has 0 bridgehead atoms. The highest BCUT2D eigenvalue weighted by atomic mass is 16.5. The molecule has 0 aromatic heterocycles. The molecule has 36 heavy (non-hydrogen) atoms. The molecule has 0 radical (unpaired) electrons. The smallest absolute Gasteiger partial charge is 0.330 e. The summed E-state index contributed by atoms with van der Waals surface area (Å²) in [6, 6.07) is 21.2. The number of ether oxygens (including phenoxy) is 1. The summed E-state index contributed by atoms with van der Waals surface area (Å²) in [5.74, 6) is -2.48. The molecule has 0 unspecified atom stereocenters. The van der Waals surface area contributed by atoms with Crippen LogP contribution in [0.1, 0.15) is 34.3 Å². The lowest BCUT2D eigenvalue weighted by Gasteiger charge is -2.21. The molecule has 1 fully saturated rings. The standard InChI is InChI=1S/C28H27N3O5/c1-36-24(32)14-7-17-29-26(34)27(35)30-18-20-9-3-5-12-22(20)25(33)31-28(15-16-28)23-13-6-10-19-8-2-4-11-21(19)23/h2-14H,15-18H2,1H3,(H,29,34)(H,30,35)(H,31,33)/b14-7+. The van der Waals surface area contributed by atoms with Crippen molar-refractivity contribution in [2.75, 3.05) is 13.7 Å². The molecule has 1 saturated carbocycles. The Kier molecular flexibility index (Phi) is 7.44. The molecule has 184 valence electrons. The van der Waals surface area contributed by atoms with Crippen LogP contribution in [0.4, 0.5) is 0 Å². The highest BCUT2D eigenvalue weighted by Crippen LogP contribution is 2.48. The Morgan fingerprint density at radius 3 is 2.36 bits per heavy atom. The third-order valence-corrected chi connectivity index (χ3v) is 6.15. The number of hydrogen-bond donors (Lipinski definition) is 3. The maximum absolute atomic E-state index is 13.3. The Balaban J connectivity index is 1.40. The minimum absolute atomic E-state index is 0.00338. The van der Waals surface area contributed by atoms with E-state index >= 15 is 0 Å². The molecule has 3 aromatic rings. The lowest BCUT2D eigenvalue weighted by Crippen LogP contribution is -2.40. The van der Waals surface area contributed by atoms with E-state index in [1.165, 1.54) is 13.2 Å². The van der Waals surface area contributed by atoms with Gasteiger partial charge in [-0.2, -0.15) is 0 Å². The van der Waals surface area contributed by atoms with Crippen molar-refractivity contribution >= 4 is 34.5 Å². The number of rotatable bonds is 8. The summed E-state index contributed by atoms with van der Waals surface area (Å²) < 4.78 is 4.45. The van der Waals surface area contributed by atoms with Crippen LogP contribution in [0.5, 0.6) is 0 Å². The molecule has 0 atom stereocenters. The average molecular weight is 486 g/mol. The van der Waals surface area contributed by atoms with Gasteiger partial charge in [-0.05, 0) is 40.8 Å². The van der Waals surface area contributed by atoms with Gasteiger partial charge in [0.25, 0.3) is 5.91 Å². The molecule has 4 rings (SSSR count). The average Bonchev–Trinajstić information content (AvgIpc) is 3.69. The zero-order valence-corrected chi connectivity index (χ0v) is 19.9. The highest BCUT2D eigenvalue weighted by molar-refractivity contribution is 6.35. The van der Waals surface area contributed by atoms with E-state index in [9.17, 15) is 19.2 Å². The topological polar surface area (TPSA) is 114 Å². The monoisotopic (exact) mass is 485 g/mol. The van der Waals surface area contributed by atoms with Crippen LogP contribution in [-0.2, 0) is 31.2 Å². The molecule has 1 aliphatic rings. The molecule has 0 heterocycles. The number of esters is 1. The van der Waals surface area contributed by atoms with Gasteiger partial charge in [0.2, 0.25) is 0 Å². The first-order valence-corrected chi connectivity index (χ1v) is 11.6. The van der Waals surface area contributed by atoms with E-state index in [0.717, 1.165) is 35.3 Å². The minimum atomic E-state index is -0.848. The van der Waals surface area contributed by atoms with E-state index < -0.39 is 23.3 Å². The molecular weight excluding hydrogens is 458 g/mol. The Morgan fingerprint density at radius 1 is 0.889 bits per heavy atom. The van der Waals surface area contributed by atoms with Crippen LogP contribution in [-0.4, -0.2) is 37.3 Å². The Labute approximate surface area is 208 Å². The summed E-state index contributed by atoms with van der Waals surface area (Å²) in [4.78, 5) is 48.5. The second-order valence-corrected chi connectivity index (χ2v) is 8.54. The fourth-order valence-corrected chi connectivity index (χ4v) is 4.12. The van der Waals surface area contributed by atoms with Crippen molar-refractivity contribution in [3.05, 3.63) is 95.6 Å². The van der Waals surface area contributed by atoms with Crippen LogP contribution in [0.15, 0.2) is 78.9 Å². The molecule has 0 aliphatic heterocycles. The number of carbonyl (C=O) groups is 4. The molecule has 1 aliphatic carbocycles. The highest BCUT2D eigenvalue weighted by Gasteiger charge is 2.46. The number of carbonyl (C=O) groups excluding carboxylic acids is 4. The van der Waals surface area contributed by atoms with Gasteiger partial charge in [-0.15, -0.1) is 0 Å². The van der Waals surface area contributed by atoms with Gasteiger partial charge in [0, 0.05) is 24.7 Å². The first-order chi connectivity index (χ1) is 17.4. The lowest BCUT2D eigenvalue weighted by molar-refractivity contribution is -0.139. The van der Waals surface area contributed by atoms with E-state index in [2.05, 4.69) is 45.0 Å². The van der Waals surface area contributed by atoms with Crippen LogP contribution >= 0.6 is 0 Å². The van der Waals surface area contributed by atoms with Gasteiger partial charge in [-0.3, -0.25) is 14.4 Å². The maximum Gasteiger partial charge on any atom is 0.330 e. The zero-order chi connectivity index (χ0) is 25.5. The SMILES string of the molecule is COC(=O)/C=C/CNC(=O)C(=O)NCc1ccccc1C(=O)NC1(c2cccc3ccccc23)CC1. The Morgan fingerprint density at radius 2 is 1.58 bits per heavy atom. The van der Waals surface area contributed by atoms with Crippen molar-refractivity contribution in [3.8, 4) is 0 Å². The van der Waals surface area contributed by atoms with Crippen molar-refractivity contribution in [2.24, 2.45) is 0 Å². The third-order valence-electron chi connectivity index (χ3n) is 6.15. The minimum Gasteiger partial charge on any atom is -0.466 e. The molecule has 8 nitrogen and oxygen atoms in total. The first-order valence-electron chi connectivity index (χ1n) is 11.6. The number of nitrogens with one attached hydrogen (secondary N) is 3. The van der Waals surface area contributed by atoms with Crippen molar-refractivity contribution < 1.29 is 23.9 Å². The van der Waals surface area contributed by atoms with E-state index in [1.54, 1.807) is 24.3 Å². The van der Waals surface area contributed by atoms with Gasteiger partial charge in [0.05, 0.1) is 12.6 Å². The lowest BCUT2D eigenvalue weighted by atomic mass is 9.96. The molecular formula is C28H27N3O5. The summed E-state index contributed by atoms with van der Waals surface area (Å²) >= 11 is 0. The largest absolute Gasteiger partial charge is 0.466 e. The Hall–Kier alpha value is -4.46. The van der Waals surface area contributed by atoms with Crippen molar-refractivity contribution in [1.82, 2.24) is 16.0 Å². The van der Waals surface area contributed by atoms with Crippen LogP contribution in [0.2, 0.25) is 0 Å². The third kappa shape index (κ3) is 5.60. The fraction of sp³-hybridized carbons (Fsp3) is 0.214. The van der Waals surface area contributed by atoms with E-state index in [0.29, 0.717) is 11.1 Å². The molecule has 0 saturated heterocycles. The van der Waals surface area contributed by atoms with Crippen LogP contribution in [0.25, 0.3) is 10.8 Å². The van der Waals surface area contributed by atoms with E-state index in [1.807, 2.05) is 18.2 Å². The molecule has 8 heteroatoms. The van der Waals surface area contributed by atoms with Crippen molar-refractivity contribution in [3.63, 3.8) is 0 Å². The summed E-state index contributed by atoms with van der Waals surface area (Å²) in [6.07, 6.45) is 4.21. The van der Waals surface area contributed by atoms with Gasteiger partial charge in [0.1, 0.15) is 0 Å². The fourth-order valence-electron chi connectivity index (χ4n) is 4.12. The number of fused-ring (bicyclic) bond motifs is 1. The summed E-state index contributed by atoms with van der Waals surface area (Å²) in [6.45, 7) is 0.00567. The molecule has 3 aromatic carbocycles. The van der Waals surface area contributed by atoms with Gasteiger partial charge >= 0.3 is 17.8 Å². The first kappa shape index (κ1) is 24.7. The maximum atomic E-state index is 13.3. The molecule has 3 N–H and O–H groups in total. The zero-order valence-electron chi connectivity index (χ0n) is 19.9. The quantitative estimate of drug-likeness (QED) is 0.258. The molecule has 0 spiro atoms. The van der Waals surface area contributed by atoms with Gasteiger partial charge in [0.15, 0.2) is 0 Å². The number of methoxy groups -OCH3 is 1. The van der Waals surface area contributed by atoms with Crippen LogP contribution < -0.4 is 16.0 Å². The summed E-state index contributed by atoms with van der Waals surface area (Å²) in [5.41, 5.74) is 1.70. The van der Waals surface area contributed by atoms with Crippen molar-refractivity contribution in [1.29, 1.82) is 0 Å². The van der Waals surface area contributed by atoms with E-state index in [-0.39, 0.29) is 19.0 Å². The van der Waals surface area contributed by atoms with Gasteiger partial charge in [-0.1, -0.05) is 66.7 Å². The van der Waals surface area contributed by atoms with Crippen molar-refractivity contribution in [2.45, 2.75) is 24.9 Å². The number of amides is 3. The van der Waals surface area contributed by atoms with Crippen LogP contribution in [0, 0.1) is 0 Å². The predicted molar refractivity (Wildman–Crippen MR) is 135 cm³/mol. The van der Waals surface area contributed by atoms with Gasteiger partial charge in [-0.25, -0.2) is 4.79 Å². The van der Waals surface area contributed by atoms with Gasteiger partial charge < -0.3 is 20.7 Å². The summed E-state index contributed by atoms with van der Waals surface area (Å²) in [7, 11) is 1.24. The van der Waals surface area contributed by atoms with E-state index in [4.69, 9.17) is 0 Å².